The molecule has 0 aromatic heterocycles. The summed E-state index contributed by atoms with van der Waals surface area (Å²) in [6, 6.07) is 6.95. The van der Waals surface area contributed by atoms with Crippen LogP contribution in [0, 0.1) is 17.2 Å². The number of benzene rings is 1. The molecule has 0 spiro atoms. The molecule has 0 saturated heterocycles. The molecule has 1 aromatic carbocycles. The Morgan fingerprint density at radius 2 is 2.18 bits per heavy atom. The number of amides is 1. The maximum absolute atomic E-state index is 12.3. The Morgan fingerprint density at radius 3 is 2.82 bits per heavy atom. The molecular weight excluding hydrogens is 344 g/mol. The highest BCUT2D eigenvalue weighted by Gasteiger charge is 2.24. The molecule has 1 aliphatic rings. The highest BCUT2D eigenvalue weighted by atomic mass is 79.9. The number of aromatic hydroxyl groups is 1. The summed E-state index contributed by atoms with van der Waals surface area (Å²) < 4.78 is 0.528. The van der Waals surface area contributed by atoms with Crippen molar-refractivity contribution in [2.75, 3.05) is 0 Å². The van der Waals surface area contributed by atoms with E-state index in [4.69, 9.17) is 0 Å². The molecule has 1 fully saturated rings. The Labute approximate surface area is 139 Å². The Bertz CT molecular complexity index is 634. The molecule has 4 nitrogen and oxygen atoms in total. The number of nitriles is 1. The number of hydrogen-bond acceptors (Lipinski definition) is 3. The predicted molar refractivity (Wildman–Crippen MR) is 89.0 cm³/mol. The standard InChI is InChI=1S/C17H19BrN2O2/c1-11-4-2-3-5-15(11)20-17(22)13(10-19)8-12-6-7-16(21)14(18)9-12/h6-9,11,15,21H,2-5H2,1H3,(H,20,22)/b13-8+/t11-,15+/m1/s1. The van der Waals surface area contributed by atoms with Crippen molar-refractivity contribution >= 4 is 27.9 Å². The summed E-state index contributed by atoms with van der Waals surface area (Å²) >= 11 is 3.22. The molecule has 5 heteroatoms. The number of carbonyl (C=O) groups excluding carboxylic acids is 1. The molecule has 1 saturated carbocycles. The number of halogens is 1. The van der Waals surface area contributed by atoms with Gasteiger partial charge >= 0.3 is 0 Å². The first-order valence-corrected chi connectivity index (χ1v) is 8.21. The maximum Gasteiger partial charge on any atom is 0.262 e. The van der Waals surface area contributed by atoms with E-state index in [1.807, 2.05) is 6.07 Å². The van der Waals surface area contributed by atoms with Crippen LogP contribution in [0.4, 0.5) is 0 Å². The Morgan fingerprint density at radius 1 is 1.45 bits per heavy atom. The molecular formula is C17H19BrN2O2. The lowest BCUT2D eigenvalue weighted by Gasteiger charge is -2.29. The number of rotatable bonds is 3. The lowest BCUT2D eigenvalue weighted by molar-refractivity contribution is -0.118. The maximum atomic E-state index is 12.3. The molecule has 0 unspecified atom stereocenters. The van der Waals surface area contributed by atoms with Crippen LogP contribution in [0.15, 0.2) is 28.2 Å². The van der Waals surface area contributed by atoms with Crippen molar-refractivity contribution in [1.82, 2.24) is 5.32 Å². The lowest BCUT2D eigenvalue weighted by Crippen LogP contribution is -2.41. The predicted octanol–water partition coefficient (Wildman–Crippen LogP) is 3.76. The summed E-state index contributed by atoms with van der Waals surface area (Å²) in [5.74, 6) is 0.238. The van der Waals surface area contributed by atoms with Crippen LogP contribution in [0.2, 0.25) is 0 Å². The van der Waals surface area contributed by atoms with Crippen LogP contribution in [-0.2, 0) is 4.79 Å². The van der Waals surface area contributed by atoms with Gasteiger partial charge in [-0.15, -0.1) is 0 Å². The van der Waals surface area contributed by atoms with E-state index in [1.165, 1.54) is 18.6 Å². The van der Waals surface area contributed by atoms with Crippen molar-refractivity contribution in [3.8, 4) is 11.8 Å². The molecule has 0 aliphatic heterocycles. The zero-order valence-electron chi connectivity index (χ0n) is 12.5. The van der Waals surface area contributed by atoms with Crippen LogP contribution in [0.3, 0.4) is 0 Å². The number of hydrogen-bond donors (Lipinski definition) is 2. The second kappa shape index (κ2) is 7.46. The van der Waals surface area contributed by atoms with Gasteiger partial charge in [-0.1, -0.05) is 25.8 Å². The van der Waals surface area contributed by atoms with Crippen molar-refractivity contribution < 1.29 is 9.90 Å². The SMILES string of the molecule is C[C@@H]1CCCC[C@@H]1NC(=O)/C(C#N)=C/c1ccc(O)c(Br)c1. The molecule has 0 bridgehead atoms. The van der Waals surface area contributed by atoms with Crippen LogP contribution >= 0.6 is 15.9 Å². The Kier molecular flexibility index (Phi) is 5.62. The van der Waals surface area contributed by atoms with E-state index in [-0.39, 0.29) is 23.3 Å². The number of phenolic OH excluding ortho intramolecular Hbond substituents is 1. The molecule has 22 heavy (non-hydrogen) atoms. The summed E-state index contributed by atoms with van der Waals surface area (Å²) in [5, 5.41) is 21.7. The third kappa shape index (κ3) is 4.11. The monoisotopic (exact) mass is 362 g/mol. The summed E-state index contributed by atoms with van der Waals surface area (Å²) in [4.78, 5) is 12.3. The van der Waals surface area contributed by atoms with Crippen molar-refractivity contribution in [3.05, 3.63) is 33.8 Å². The minimum absolute atomic E-state index is 0.0790. The molecule has 116 valence electrons. The first-order valence-electron chi connectivity index (χ1n) is 7.42. The first-order chi connectivity index (χ1) is 10.5. The van der Waals surface area contributed by atoms with E-state index < -0.39 is 0 Å². The average Bonchev–Trinajstić information content (AvgIpc) is 2.50. The van der Waals surface area contributed by atoms with Gasteiger partial charge in [-0.05, 0) is 58.5 Å². The summed E-state index contributed by atoms with van der Waals surface area (Å²) in [7, 11) is 0. The topological polar surface area (TPSA) is 73.1 Å². The number of phenols is 1. The molecule has 2 N–H and O–H groups in total. The van der Waals surface area contributed by atoms with Gasteiger partial charge in [0.25, 0.3) is 5.91 Å². The lowest BCUT2D eigenvalue weighted by atomic mass is 9.86. The van der Waals surface area contributed by atoms with Gasteiger partial charge in [-0.3, -0.25) is 4.79 Å². The van der Waals surface area contributed by atoms with Gasteiger partial charge in [-0.25, -0.2) is 0 Å². The minimum Gasteiger partial charge on any atom is -0.507 e. The van der Waals surface area contributed by atoms with Crippen molar-refractivity contribution in [3.63, 3.8) is 0 Å². The van der Waals surface area contributed by atoms with Crippen LogP contribution in [0.5, 0.6) is 5.75 Å². The fraction of sp³-hybridized carbons (Fsp3) is 0.412. The van der Waals surface area contributed by atoms with E-state index >= 15 is 0 Å². The summed E-state index contributed by atoms with van der Waals surface area (Å²) in [6.45, 7) is 2.14. The second-order valence-electron chi connectivity index (χ2n) is 5.72. The van der Waals surface area contributed by atoms with Gasteiger partial charge in [0.1, 0.15) is 17.4 Å². The Hall–Kier alpha value is -1.80. The molecule has 1 aliphatic carbocycles. The van der Waals surface area contributed by atoms with E-state index in [0.29, 0.717) is 16.0 Å². The molecule has 1 aromatic rings. The van der Waals surface area contributed by atoms with Crippen LogP contribution in [-0.4, -0.2) is 17.1 Å². The van der Waals surface area contributed by atoms with Gasteiger partial charge in [0.15, 0.2) is 0 Å². The third-order valence-corrected chi connectivity index (χ3v) is 4.71. The molecule has 1 amide bonds. The molecule has 2 rings (SSSR count). The number of nitrogens with zero attached hydrogens (tertiary/aromatic N) is 1. The van der Waals surface area contributed by atoms with Crippen LogP contribution in [0.25, 0.3) is 6.08 Å². The van der Waals surface area contributed by atoms with E-state index in [9.17, 15) is 15.2 Å². The summed E-state index contributed by atoms with van der Waals surface area (Å²) in [5.41, 5.74) is 0.767. The normalized spacial score (nSPS) is 22.0. The number of nitrogens with one attached hydrogen (secondary N) is 1. The largest absolute Gasteiger partial charge is 0.507 e. The molecule has 0 radical (unpaired) electrons. The van der Waals surface area contributed by atoms with Crippen molar-refractivity contribution in [2.45, 2.75) is 38.6 Å². The first kappa shape index (κ1) is 16.6. The fourth-order valence-electron chi connectivity index (χ4n) is 2.71. The van der Waals surface area contributed by atoms with Gasteiger partial charge in [0.05, 0.1) is 4.47 Å². The van der Waals surface area contributed by atoms with E-state index in [2.05, 4.69) is 28.2 Å². The average molecular weight is 363 g/mol. The zero-order valence-corrected chi connectivity index (χ0v) is 14.1. The third-order valence-electron chi connectivity index (χ3n) is 4.08. The van der Waals surface area contributed by atoms with E-state index in [0.717, 1.165) is 19.3 Å². The second-order valence-corrected chi connectivity index (χ2v) is 6.58. The smallest absolute Gasteiger partial charge is 0.262 e. The Balaban J connectivity index is 2.13. The minimum atomic E-state index is -0.328. The highest BCUT2D eigenvalue weighted by Crippen LogP contribution is 2.26. The van der Waals surface area contributed by atoms with Crippen molar-refractivity contribution in [2.24, 2.45) is 5.92 Å². The van der Waals surface area contributed by atoms with Crippen LogP contribution < -0.4 is 5.32 Å². The van der Waals surface area contributed by atoms with Gasteiger partial charge in [0, 0.05) is 6.04 Å². The molecule has 0 heterocycles. The molecule has 2 atom stereocenters. The van der Waals surface area contributed by atoms with E-state index in [1.54, 1.807) is 12.1 Å². The van der Waals surface area contributed by atoms with Gasteiger partial charge < -0.3 is 10.4 Å². The number of carbonyl (C=O) groups is 1. The highest BCUT2D eigenvalue weighted by molar-refractivity contribution is 9.10. The fourth-order valence-corrected chi connectivity index (χ4v) is 3.10. The van der Waals surface area contributed by atoms with Gasteiger partial charge in [0.2, 0.25) is 0 Å². The quantitative estimate of drug-likeness (QED) is 0.635. The summed E-state index contributed by atoms with van der Waals surface area (Å²) in [6.07, 6.45) is 5.94. The van der Waals surface area contributed by atoms with Crippen molar-refractivity contribution in [1.29, 1.82) is 5.26 Å². The zero-order chi connectivity index (χ0) is 16.1. The van der Waals surface area contributed by atoms with Crippen LogP contribution in [0.1, 0.15) is 38.2 Å². The van der Waals surface area contributed by atoms with Gasteiger partial charge in [-0.2, -0.15) is 5.26 Å².